The van der Waals surface area contributed by atoms with E-state index in [1.165, 1.54) is 20.9 Å². The van der Waals surface area contributed by atoms with Crippen molar-refractivity contribution in [1.82, 2.24) is 9.78 Å². The predicted molar refractivity (Wildman–Crippen MR) is 92.6 cm³/mol. The summed E-state index contributed by atoms with van der Waals surface area (Å²) in [5.41, 5.74) is 2.01. The summed E-state index contributed by atoms with van der Waals surface area (Å²) in [6.45, 7) is 4.31. The summed E-state index contributed by atoms with van der Waals surface area (Å²) in [6, 6.07) is 1.65. The first kappa shape index (κ1) is 16.7. The van der Waals surface area contributed by atoms with Gasteiger partial charge >= 0.3 is 5.97 Å². The van der Waals surface area contributed by atoms with Crippen LogP contribution in [0.1, 0.15) is 51.6 Å². The van der Waals surface area contributed by atoms with Crippen molar-refractivity contribution in [2.75, 3.05) is 11.9 Å². The average Bonchev–Trinajstić information content (AvgIpc) is 3.10. The SMILES string of the molecule is CCOC(=O)c1c(NC(=O)c2ccnn2C)sc2c1CC[C@@H](C)C2. The number of amides is 1. The Labute approximate surface area is 144 Å². The number of hydrogen-bond donors (Lipinski definition) is 1. The fraction of sp³-hybridized carbons (Fsp3) is 0.471. The highest BCUT2D eigenvalue weighted by Gasteiger charge is 2.29. The minimum atomic E-state index is -0.357. The lowest BCUT2D eigenvalue weighted by Gasteiger charge is -2.18. The van der Waals surface area contributed by atoms with E-state index in [4.69, 9.17) is 4.74 Å². The van der Waals surface area contributed by atoms with E-state index >= 15 is 0 Å². The second-order valence-corrected chi connectivity index (χ2v) is 7.18. The number of nitrogens with one attached hydrogen (secondary N) is 1. The number of nitrogens with zero attached hydrogens (tertiary/aromatic N) is 2. The molecule has 0 aromatic carbocycles. The van der Waals surface area contributed by atoms with Gasteiger partial charge in [-0.15, -0.1) is 11.3 Å². The lowest BCUT2D eigenvalue weighted by atomic mass is 9.88. The summed E-state index contributed by atoms with van der Waals surface area (Å²) < 4.78 is 6.72. The molecular formula is C17H21N3O3S. The predicted octanol–water partition coefficient (Wildman–Crippen LogP) is 3.04. The van der Waals surface area contributed by atoms with E-state index in [0.717, 1.165) is 24.8 Å². The second-order valence-electron chi connectivity index (χ2n) is 6.07. The van der Waals surface area contributed by atoms with Gasteiger partial charge in [0.2, 0.25) is 0 Å². The maximum Gasteiger partial charge on any atom is 0.341 e. The first-order chi connectivity index (χ1) is 11.5. The van der Waals surface area contributed by atoms with Crippen LogP contribution in [0.5, 0.6) is 0 Å². The number of hydrogen-bond acceptors (Lipinski definition) is 5. The van der Waals surface area contributed by atoms with Crippen LogP contribution in [0.3, 0.4) is 0 Å². The minimum Gasteiger partial charge on any atom is -0.462 e. The number of fused-ring (bicyclic) bond motifs is 1. The van der Waals surface area contributed by atoms with E-state index in [1.807, 2.05) is 0 Å². The number of ether oxygens (including phenoxy) is 1. The van der Waals surface area contributed by atoms with Crippen molar-refractivity contribution >= 4 is 28.2 Å². The molecule has 2 aromatic heterocycles. The normalized spacial score (nSPS) is 16.5. The molecule has 6 nitrogen and oxygen atoms in total. The van der Waals surface area contributed by atoms with Crippen LogP contribution in [0, 0.1) is 5.92 Å². The van der Waals surface area contributed by atoms with Crippen LogP contribution in [-0.4, -0.2) is 28.3 Å². The Balaban J connectivity index is 1.96. The summed E-state index contributed by atoms with van der Waals surface area (Å²) in [4.78, 5) is 26.1. The zero-order valence-electron chi connectivity index (χ0n) is 14.1. The molecule has 0 saturated heterocycles. The van der Waals surface area contributed by atoms with Gasteiger partial charge in [-0.3, -0.25) is 9.48 Å². The highest BCUT2D eigenvalue weighted by Crippen LogP contribution is 2.40. The Morgan fingerprint density at radius 1 is 1.50 bits per heavy atom. The van der Waals surface area contributed by atoms with E-state index < -0.39 is 0 Å². The molecule has 0 saturated carbocycles. The standard InChI is InChI=1S/C17H21N3O3S/c1-4-23-17(22)14-11-6-5-10(2)9-13(11)24-16(14)19-15(21)12-7-8-18-20(12)3/h7-8,10H,4-6,9H2,1-3H3,(H,19,21)/t10-/m1/s1. The summed E-state index contributed by atoms with van der Waals surface area (Å²) in [5, 5.41) is 7.47. The zero-order chi connectivity index (χ0) is 17.3. The molecule has 0 fully saturated rings. The third-order valence-electron chi connectivity index (χ3n) is 4.27. The molecule has 2 heterocycles. The lowest BCUT2D eigenvalue weighted by Crippen LogP contribution is -2.18. The Morgan fingerprint density at radius 3 is 2.96 bits per heavy atom. The quantitative estimate of drug-likeness (QED) is 0.863. The highest BCUT2D eigenvalue weighted by atomic mass is 32.1. The Morgan fingerprint density at radius 2 is 2.29 bits per heavy atom. The molecule has 0 aliphatic heterocycles. The molecule has 2 aromatic rings. The molecule has 1 N–H and O–H groups in total. The fourth-order valence-electron chi connectivity index (χ4n) is 3.02. The Bertz CT molecular complexity index is 778. The number of aryl methyl sites for hydroxylation is 1. The first-order valence-corrected chi connectivity index (χ1v) is 8.93. The molecule has 1 atom stereocenters. The van der Waals surface area contributed by atoms with Crippen molar-refractivity contribution in [1.29, 1.82) is 0 Å². The van der Waals surface area contributed by atoms with Crippen LogP contribution in [0.2, 0.25) is 0 Å². The smallest absolute Gasteiger partial charge is 0.341 e. The van der Waals surface area contributed by atoms with Gasteiger partial charge in [0.15, 0.2) is 0 Å². The van der Waals surface area contributed by atoms with Crippen LogP contribution in [0.15, 0.2) is 12.3 Å². The summed E-state index contributed by atoms with van der Waals surface area (Å²) in [7, 11) is 1.71. The molecule has 128 valence electrons. The molecule has 7 heteroatoms. The number of rotatable bonds is 4. The van der Waals surface area contributed by atoms with Gasteiger partial charge in [0, 0.05) is 18.1 Å². The van der Waals surface area contributed by atoms with Gasteiger partial charge in [-0.2, -0.15) is 5.10 Å². The van der Waals surface area contributed by atoms with E-state index in [2.05, 4.69) is 17.3 Å². The van der Waals surface area contributed by atoms with E-state index in [-0.39, 0.29) is 11.9 Å². The summed E-state index contributed by atoms with van der Waals surface area (Å²) >= 11 is 1.49. The molecular weight excluding hydrogens is 326 g/mol. The Kier molecular flexibility index (Phi) is 4.71. The summed E-state index contributed by atoms with van der Waals surface area (Å²) in [5.74, 6) is -0.0381. The molecule has 0 radical (unpaired) electrons. The minimum absolute atomic E-state index is 0.271. The van der Waals surface area contributed by atoms with Gasteiger partial charge in [-0.05, 0) is 43.7 Å². The third-order valence-corrected chi connectivity index (χ3v) is 5.44. The Hall–Kier alpha value is -2.15. The number of thiophene rings is 1. The molecule has 0 unspecified atom stereocenters. The molecule has 1 amide bonds. The molecule has 0 bridgehead atoms. The largest absolute Gasteiger partial charge is 0.462 e. The van der Waals surface area contributed by atoms with E-state index in [0.29, 0.717) is 28.8 Å². The topological polar surface area (TPSA) is 73.2 Å². The van der Waals surface area contributed by atoms with Gasteiger partial charge in [-0.1, -0.05) is 6.92 Å². The molecule has 0 spiro atoms. The number of carbonyl (C=O) groups is 2. The molecule has 24 heavy (non-hydrogen) atoms. The van der Waals surface area contributed by atoms with Crippen molar-refractivity contribution in [2.24, 2.45) is 13.0 Å². The maximum atomic E-state index is 12.5. The molecule has 1 aliphatic rings. The van der Waals surface area contributed by atoms with Crippen LogP contribution in [-0.2, 0) is 24.6 Å². The van der Waals surface area contributed by atoms with E-state index in [9.17, 15) is 9.59 Å². The first-order valence-electron chi connectivity index (χ1n) is 8.12. The average molecular weight is 347 g/mol. The number of anilines is 1. The van der Waals surface area contributed by atoms with Crippen LogP contribution < -0.4 is 5.32 Å². The van der Waals surface area contributed by atoms with Gasteiger partial charge in [-0.25, -0.2) is 4.79 Å². The van der Waals surface area contributed by atoms with E-state index in [1.54, 1.807) is 26.2 Å². The van der Waals surface area contributed by atoms with Crippen molar-refractivity contribution in [3.05, 3.63) is 34.0 Å². The number of aromatic nitrogens is 2. The number of esters is 1. The van der Waals surface area contributed by atoms with Crippen molar-refractivity contribution < 1.29 is 14.3 Å². The van der Waals surface area contributed by atoms with Gasteiger partial charge < -0.3 is 10.1 Å². The monoisotopic (exact) mass is 347 g/mol. The van der Waals surface area contributed by atoms with Gasteiger partial charge in [0.25, 0.3) is 5.91 Å². The summed E-state index contributed by atoms with van der Waals surface area (Å²) in [6.07, 6.45) is 4.41. The van der Waals surface area contributed by atoms with Crippen LogP contribution >= 0.6 is 11.3 Å². The molecule has 3 rings (SSSR count). The fourth-order valence-corrected chi connectivity index (χ4v) is 4.42. The maximum absolute atomic E-state index is 12.5. The van der Waals surface area contributed by atoms with Crippen molar-refractivity contribution in [2.45, 2.75) is 33.1 Å². The highest BCUT2D eigenvalue weighted by molar-refractivity contribution is 7.17. The number of carbonyl (C=O) groups excluding carboxylic acids is 2. The molecule has 1 aliphatic carbocycles. The van der Waals surface area contributed by atoms with Crippen molar-refractivity contribution in [3.8, 4) is 0 Å². The van der Waals surface area contributed by atoms with Gasteiger partial charge in [0.05, 0.1) is 12.2 Å². The van der Waals surface area contributed by atoms with Gasteiger partial charge in [0.1, 0.15) is 10.7 Å². The van der Waals surface area contributed by atoms with Crippen molar-refractivity contribution in [3.63, 3.8) is 0 Å². The zero-order valence-corrected chi connectivity index (χ0v) is 14.9. The third kappa shape index (κ3) is 3.08. The second kappa shape index (κ2) is 6.76. The van der Waals surface area contributed by atoms with Crippen LogP contribution in [0.4, 0.5) is 5.00 Å². The lowest BCUT2D eigenvalue weighted by molar-refractivity contribution is 0.0526. The van der Waals surface area contributed by atoms with Crippen LogP contribution in [0.25, 0.3) is 0 Å².